The van der Waals surface area contributed by atoms with Gasteiger partial charge < -0.3 is 25.4 Å². The smallest absolute Gasteiger partial charge is 0.408 e. The zero-order chi connectivity index (χ0) is 30.1. The summed E-state index contributed by atoms with van der Waals surface area (Å²) < 4.78 is 5.50. The number of phenolic OH excluding ortho intramolecular Hbond substituents is 1. The highest BCUT2D eigenvalue weighted by Gasteiger charge is 2.43. The predicted molar refractivity (Wildman–Crippen MR) is 158 cm³/mol. The number of hydrogen-bond donors (Lipinski definition) is 3. The van der Waals surface area contributed by atoms with Gasteiger partial charge in [0, 0.05) is 18.0 Å². The fourth-order valence-corrected chi connectivity index (χ4v) is 4.55. The van der Waals surface area contributed by atoms with Gasteiger partial charge >= 0.3 is 6.09 Å². The first kappa shape index (κ1) is 32.7. The van der Waals surface area contributed by atoms with Crippen LogP contribution in [0.15, 0.2) is 54.6 Å². The molecular weight excluding hydrogens is 506 g/mol. The molecular formula is C32H47N3O5. The summed E-state index contributed by atoms with van der Waals surface area (Å²) in [6.07, 6.45) is 1.69. The SMILES string of the molecule is CCCC(C)NC(=O)C(c1cccc(O)c1)N(C(=O)C(Cc1ccccc1)NC(=O)OC(C)(C)C)C(C)(C)CC. The van der Waals surface area contributed by atoms with E-state index < -0.39 is 35.2 Å². The summed E-state index contributed by atoms with van der Waals surface area (Å²) in [5.41, 5.74) is -0.220. The molecule has 0 heterocycles. The van der Waals surface area contributed by atoms with Crippen molar-refractivity contribution in [2.75, 3.05) is 0 Å². The zero-order valence-electron chi connectivity index (χ0n) is 25.3. The van der Waals surface area contributed by atoms with Crippen molar-refractivity contribution in [3.8, 4) is 5.75 Å². The van der Waals surface area contributed by atoms with Gasteiger partial charge in [-0.1, -0.05) is 62.7 Å². The topological polar surface area (TPSA) is 108 Å². The van der Waals surface area contributed by atoms with Gasteiger partial charge in [-0.25, -0.2) is 4.79 Å². The highest BCUT2D eigenvalue weighted by Crippen LogP contribution is 2.34. The molecule has 0 aliphatic rings. The molecule has 0 aliphatic heterocycles. The summed E-state index contributed by atoms with van der Waals surface area (Å²) in [7, 11) is 0. The number of carbonyl (C=O) groups is 3. The highest BCUT2D eigenvalue weighted by atomic mass is 16.6. The number of ether oxygens (including phenoxy) is 1. The lowest BCUT2D eigenvalue weighted by molar-refractivity contribution is -0.149. The summed E-state index contributed by atoms with van der Waals surface area (Å²) in [4.78, 5) is 43.0. The molecule has 8 heteroatoms. The Morgan fingerprint density at radius 1 is 0.950 bits per heavy atom. The number of carbonyl (C=O) groups excluding carboxylic acids is 3. The number of alkyl carbamates (subject to hydrolysis) is 1. The summed E-state index contributed by atoms with van der Waals surface area (Å²) in [6, 6.07) is 13.6. The van der Waals surface area contributed by atoms with Gasteiger partial charge in [-0.3, -0.25) is 9.59 Å². The van der Waals surface area contributed by atoms with Crippen molar-refractivity contribution < 1.29 is 24.2 Å². The maximum Gasteiger partial charge on any atom is 0.408 e. The first-order valence-electron chi connectivity index (χ1n) is 14.1. The second kappa shape index (κ2) is 14.2. The van der Waals surface area contributed by atoms with Gasteiger partial charge in [0.1, 0.15) is 23.4 Å². The van der Waals surface area contributed by atoms with E-state index in [9.17, 15) is 19.5 Å². The van der Waals surface area contributed by atoms with E-state index in [2.05, 4.69) is 10.6 Å². The molecule has 3 N–H and O–H groups in total. The molecule has 0 bridgehead atoms. The van der Waals surface area contributed by atoms with E-state index in [1.807, 2.05) is 65.0 Å². The third-order valence-electron chi connectivity index (χ3n) is 6.83. The molecule has 0 spiro atoms. The number of nitrogens with zero attached hydrogens (tertiary/aromatic N) is 1. The minimum Gasteiger partial charge on any atom is -0.508 e. The number of phenols is 1. The van der Waals surface area contributed by atoms with Gasteiger partial charge in [-0.15, -0.1) is 0 Å². The van der Waals surface area contributed by atoms with E-state index in [0.29, 0.717) is 12.0 Å². The molecule has 0 saturated heterocycles. The van der Waals surface area contributed by atoms with Crippen molar-refractivity contribution in [1.29, 1.82) is 0 Å². The molecule has 0 aliphatic carbocycles. The van der Waals surface area contributed by atoms with Crippen LogP contribution >= 0.6 is 0 Å². The van der Waals surface area contributed by atoms with Crippen molar-refractivity contribution in [1.82, 2.24) is 15.5 Å². The number of nitrogens with one attached hydrogen (secondary N) is 2. The Bertz CT molecular complexity index is 1130. The van der Waals surface area contributed by atoms with Crippen LogP contribution in [-0.2, 0) is 20.7 Å². The van der Waals surface area contributed by atoms with Crippen molar-refractivity contribution in [2.24, 2.45) is 0 Å². The molecule has 3 unspecified atom stereocenters. The van der Waals surface area contributed by atoms with Crippen LogP contribution in [-0.4, -0.2) is 51.1 Å². The number of hydrogen-bond acceptors (Lipinski definition) is 5. The molecule has 3 atom stereocenters. The molecule has 0 aromatic heterocycles. The van der Waals surface area contributed by atoms with Crippen LogP contribution in [0.4, 0.5) is 4.79 Å². The number of aromatic hydroxyl groups is 1. The van der Waals surface area contributed by atoms with Gasteiger partial charge in [0.2, 0.25) is 11.8 Å². The minimum atomic E-state index is -1.05. The Morgan fingerprint density at radius 2 is 1.60 bits per heavy atom. The average molecular weight is 554 g/mol. The van der Waals surface area contributed by atoms with Crippen molar-refractivity contribution in [2.45, 2.75) is 110 Å². The van der Waals surface area contributed by atoms with Crippen LogP contribution in [0.5, 0.6) is 5.75 Å². The normalized spacial score (nSPS) is 14.0. The first-order valence-corrected chi connectivity index (χ1v) is 14.1. The van der Waals surface area contributed by atoms with E-state index in [4.69, 9.17) is 4.74 Å². The van der Waals surface area contributed by atoms with Crippen LogP contribution < -0.4 is 10.6 Å². The molecule has 40 heavy (non-hydrogen) atoms. The van der Waals surface area contributed by atoms with E-state index in [1.54, 1.807) is 37.8 Å². The molecule has 2 rings (SSSR count). The second-order valence-electron chi connectivity index (χ2n) is 12.0. The monoisotopic (exact) mass is 553 g/mol. The highest BCUT2D eigenvalue weighted by molar-refractivity contribution is 5.93. The quantitative estimate of drug-likeness (QED) is 0.304. The second-order valence-corrected chi connectivity index (χ2v) is 12.0. The third kappa shape index (κ3) is 9.57. The Labute approximate surface area is 239 Å². The molecule has 0 fully saturated rings. The molecule has 2 aromatic rings. The van der Waals surface area contributed by atoms with Crippen molar-refractivity contribution in [3.63, 3.8) is 0 Å². The maximum absolute atomic E-state index is 14.6. The third-order valence-corrected chi connectivity index (χ3v) is 6.83. The fraction of sp³-hybridized carbons (Fsp3) is 0.531. The van der Waals surface area contributed by atoms with Crippen LogP contribution in [0, 0.1) is 0 Å². The lowest BCUT2D eigenvalue weighted by Gasteiger charge is -2.45. The Hall–Kier alpha value is -3.55. The Balaban J connectivity index is 2.65. The molecule has 0 radical (unpaired) electrons. The fourth-order valence-electron chi connectivity index (χ4n) is 4.55. The zero-order valence-corrected chi connectivity index (χ0v) is 25.3. The minimum absolute atomic E-state index is 0.00803. The summed E-state index contributed by atoms with van der Waals surface area (Å²) in [5, 5.41) is 16.2. The standard InChI is InChI=1S/C32H47N3O5/c1-9-15-22(3)33-28(37)27(24-18-14-19-25(36)21-24)35(32(7,8)10-2)29(38)26(20-23-16-12-11-13-17-23)34-30(39)40-31(4,5)6/h11-14,16-19,21-22,26-27,36H,9-10,15,20H2,1-8H3,(H,33,37)(H,34,39). The van der Waals surface area contributed by atoms with E-state index in [-0.39, 0.29) is 24.1 Å². The van der Waals surface area contributed by atoms with Crippen LogP contribution in [0.1, 0.15) is 91.8 Å². The molecule has 220 valence electrons. The van der Waals surface area contributed by atoms with Crippen LogP contribution in [0.3, 0.4) is 0 Å². The van der Waals surface area contributed by atoms with Gasteiger partial charge in [-0.05, 0) is 77.6 Å². The largest absolute Gasteiger partial charge is 0.508 e. The number of benzene rings is 2. The Morgan fingerprint density at radius 3 is 2.15 bits per heavy atom. The van der Waals surface area contributed by atoms with Gasteiger partial charge in [-0.2, -0.15) is 0 Å². The average Bonchev–Trinajstić information content (AvgIpc) is 2.85. The summed E-state index contributed by atoms with van der Waals surface area (Å²) in [6.45, 7) is 15.0. The van der Waals surface area contributed by atoms with E-state index in [0.717, 1.165) is 18.4 Å². The van der Waals surface area contributed by atoms with E-state index in [1.165, 1.54) is 12.1 Å². The Kier molecular flexibility index (Phi) is 11.6. The molecule has 8 nitrogen and oxygen atoms in total. The number of amides is 3. The van der Waals surface area contributed by atoms with Crippen LogP contribution in [0.25, 0.3) is 0 Å². The molecule has 2 aromatic carbocycles. The first-order chi connectivity index (χ1) is 18.7. The maximum atomic E-state index is 14.6. The predicted octanol–water partition coefficient (Wildman–Crippen LogP) is 5.89. The summed E-state index contributed by atoms with van der Waals surface area (Å²) >= 11 is 0. The molecule has 3 amide bonds. The molecule has 0 saturated carbocycles. The van der Waals surface area contributed by atoms with Gasteiger partial charge in [0.05, 0.1) is 0 Å². The van der Waals surface area contributed by atoms with E-state index >= 15 is 0 Å². The van der Waals surface area contributed by atoms with Gasteiger partial charge in [0.25, 0.3) is 0 Å². The van der Waals surface area contributed by atoms with Crippen LogP contribution in [0.2, 0.25) is 0 Å². The summed E-state index contributed by atoms with van der Waals surface area (Å²) in [5.74, 6) is -0.781. The lowest BCUT2D eigenvalue weighted by Crippen LogP contribution is -2.60. The lowest BCUT2D eigenvalue weighted by atomic mass is 9.91. The van der Waals surface area contributed by atoms with Gasteiger partial charge in [0.15, 0.2) is 0 Å². The van der Waals surface area contributed by atoms with Crippen molar-refractivity contribution >= 4 is 17.9 Å². The van der Waals surface area contributed by atoms with Crippen molar-refractivity contribution in [3.05, 3.63) is 65.7 Å². The number of rotatable bonds is 12.